The van der Waals surface area contributed by atoms with Gasteiger partial charge in [-0.1, -0.05) is 19.3 Å². The molecule has 2 fully saturated rings. The number of β-amino-alcohol motifs (C(OH)–C–C–N with tert-alkyl or cyclic N) is 1. The fraction of sp³-hybridized carbons (Fsp3) is 0.611. The lowest BCUT2D eigenvalue weighted by Gasteiger charge is -2.34. The van der Waals surface area contributed by atoms with E-state index < -0.39 is 0 Å². The van der Waals surface area contributed by atoms with Crippen LogP contribution < -0.4 is 4.90 Å². The molecule has 1 saturated heterocycles. The van der Waals surface area contributed by atoms with E-state index in [4.69, 9.17) is 0 Å². The van der Waals surface area contributed by atoms with Crippen LogP contribution in [0.1, 0.15) is 44.2 Å². The standard InChI is InChI=1S/C18H25N5O/c1-13-9-10-23(21-13)18-8-7-17(19-20-18)22-12-15(24)11-16(22)14-5-3-2-4-6-14/h7-10,14-16,24H,2-6,11-12H2,1H3/t15-,16-/m1/s1. The predicted molar refractivity (Wildman–Crippen MR) is 92.2 cm³/mol. The van der Waals surface area contributed by atoms with E-state index in [1.807, 2.05) is 31.3 Å². The van der Waals surface area contributed by atoms with Crippen molar-refractivity contribution in [1.29, 1.82) is 0 Å². The highest BCUT2D eigenvalue weighted by Crippen LogP contribution is 2.36. The second-order valence-electron chi connectivity index (χ2n) is 7.16. The van der Waals surface area contributed by atoms with Gasteiger partial charge in [0.05, 0.1) is 11.8 Å². The quantitative estimate of drug-likeness (QED) is 0.938. The van der Waals surface area contributed by atoms with Gasteiger partial charge in [0, 0.05) is 18.8 Å². The zero-order chi connectivity index (χ0) is 16.5. The van der Waals surface area contributed by atoms with E-state index >= 15 is 0 Å². The molecule has 24 heavy (non-hydrogen) atoms. The van der Waals surface area contributed by atoms with Crippen molar-refractivity contribution in [3.05, 3.63) is 30.1 Å². The molecule has 6 nitrogen and oxygen atoms in total. The summed E-state index contributed by atoms with van der Waals surface area (Å²) in [6.07, 6.45) is 9.01. The molecular weight excluding hydrogens is 302 g/mol. The number of anilines is 1. The van der Waals surface area contributed by atoms with Gasteiger partial charge in [-0.3, -0.25) is 0 Å². The van der Waals surface area contributed by atoms with Crippen LogP contribution in [0.25, 0.3) is 5.82 Å². The van der Waals surface area contributed by atoms with Crippen LogP contribution in [0.5, 0.6) is 0 Å². The molecule has 0 unspecified atom stereocenters. The highest BCUT2D eigenvalue weighted by molar-refractivity contribution is 5.43. The monoisotopic (exact) mass is 327 g/mol. The molecule has 1 aliphatic carbocycles. The molecule has 1 saturated carbocycles. The first-order chi connectivity index (χ1) is 11.7. The summed E-state index contributed by atoms with van der Waals surface area (Å²) in [5, 5.41) is 23.3. The van der Waals surface area contributed by atoms with Crippen molar-refractivity contribution in [2.45, 2.75) is 57.6 Å². The molecule has 1 N–H and O–H groups in total. The normalized spacial score (nSPS) is 25.3. The Bertz CT molecular complexity index is 677. The van der Waals surface area contributed by atoms with E-state index in [1.54, 1.807) is 4.68 Å². The van der Waals surface area contributed by atoms with Crippen LogP contribution in [0.4, 0.5) is 5.82 Å². The molecule has 6 heteroatoms. The third-order valence-electron chi connectivity index (χ3n) is 5.40. The van der Waals surface area contributed by atoms with Gasteiger partial charge in [-0.25, -0.2) is 4.68 Å². The average Bonchev–Trinajstić information content (AvgIpc) is 3.22. The third kappa shape index (κ3) is 3.02. The van der Waals surface area contributed by atoms with Gasteiger partial charge in [0.25, 0.3) is 0 Å². The molecule has 0 radical (unpaired) electrons. The summed E-state index contributed by atoms with van der Waals surface area (Å²) in [4.78, 5) is 2.27. The lowest BCUT2D eigenvalue weighted by molar-refractivity contribution is 0.185. The topological polar surface area (TPSA) is 67.1 Å². The van der Waals surface area contributed by atoms with E-state index in [0.717, 1.165) is 23.8 Å². The number of nitrogens with zero attached hydrogens (tertiary/aromatic N) is 5. The number of aliphatic hydroxyl groups is 1. The minimum atomic E-state index is -0.257. The molecule has 2 aromatic rings. The Kier molecular flexibility index (Phi) is 4.22. The molecule has 2 aromatic heterocycles. The van der Waals surface area contributed by atoms with Gasteiger partial charge in [-0.15, -0.1) is 10.2 Å². The SMILES string of the molecule is Cc1ccn(-c2ccc(N3C[C@H](O)C[C@@H]3C3CCCCC3)nn2)n1. The second-order valence-corrected chi connectivity index (χ2v) is 7.16. The maximum absolute atomic E-state index is 10.2. The number of rotatable bonds is 3. The number of aryl methyl sites for hydroxylation is 1. The Morgan fingerprint density at radius 3 is 2.46 bits per heavy atom. The van der Waals surface area contributed by atoms with Crippen molar-refractivity contribution in [2.75, 3.05) is 11.4 Å². The van der Waals surface area contributed by atoms with Gasteiger partial charge in [-0.05, 0) is 50.3 Å². The molecule has 1 aliphatic heterocycles. The summed E-state index contributed by atoms with van der Waals surface area (Å²) in [7, 11) is 0. The summed E-state index contributed by atoms with van der Waals surface area (Å²) in [5.74, 6) is 2.27. The van der Waals surface area contributed by atoms with Crippen LogP contribution in [-0.4, -0.2) is 43.8 Å². The van der Waals surface area contributed by atoms with E-state index in [9.17, 15) is 5.11 Å². The van der Waals surface area contributed by atoms with Gasteiger partial charge in [0.2, 0.25) is 0 Å². The van der Waals surface area contributed by atoms with Gasteiger partial charge in [0.15, 0.2) is 11.6 Å². The Balaban J connectivity index is 1.55. The van der Waals surface area contributed by atoms with Crippen molar-refractivity contribution in [3.8, 4) is 5.82 Å². The van der Waals surface area contributed by atoms with Gasteiger partial charge in [-0.2, -0.15) is 5.10 Å². The van der Waals surface area contributed by atoms with Gasteiger partial charge in [0.1, 0.15) is 0 Å². The van der Waals surface area contributed by atoms with Gasteiger partial charge >= 0.3 is 0 Å². The zero-order valence-electron chi connectivity index (χ0n) is 14.2. The number of hydrogen-bond acceptors (Lipinski definition) is 5. The van der Waals surface area contributed by atoms with Crippen molar-refractivity contribution in [2.24, 2.45) is 5.92 Å². The summed E-state index contributed by atoms with van der Waals surface area (Å²) >= 11 is 0. The summed E-state index contributed by atoms with van der Waals surface area (Å²) in [6, 6.07) is 6.31. The number of aromatic nitrogens is 4. The summed E-state index contributed by atoms with van der Waals surface area (Å²) < 4.78 is 1.74. The van der Waals surface area contributed by atoms with Crippen LogP contribution in [-0.2, 0) is 0 Å². The highest BCUT2D eigenvalue weighted by Gasteiger charge is 2.37. The van der Waals surface area contributed by atoms with Crippen molar-refractivity contribution in [1.82, 2.24) is 20.0 Å². The molecule has 0 bridgehead atoms. The minimum absolute atomic E-state index is 0.257. The lowest BCUT2D eigenvalue weighted by atomic mass is 9.83. The summed E-state index contributed by atoms with van der Waals surface area (Å²) in [6.45, 7) is 2.62. The first kappa shape index (κ1) is 15.6. The van der Waals surface area contributed by atoms with Crippen molar-refractivity contribution in [3.63, 3.8) is 0 Å². The minimum Gasteiger partial charge on any atom is -0.391 e. The summed E-state index contributed by atoms with van der Waals surface area (Å²) in [5.41, 5.74) is 0.959. The Labute approximate surface area is 142 Å². The molecule has 2 aliphatic rings. The van der Waals surface area contributed by atoms with Gasteiger partial charge < -0.3 is 10.0 Å². The predicted octanol–water partition coefficient (Wildman–Crippen LogP) is 2.49. The highest BCUT2D eigenvalue weighted by atomic mass is 16.3. The maximum atomic E-state index is 10.2. The molecule has 0 aromatic carbocycles. The molecule has 3 heterocycles. The fourth-order valence-electron chi connectivity index (χ4n) is 4.21. The lowest BCUT2D eigenvalue weighted by Crippen LogP contribution is -2.37. The molecule has 4 rings (SSSR count). The smallest absolute Gasteiger partial charge is 0.175 e. The van der Waals surface area contributed by atoms with Crippen LogP contribution in [0.15, 0.2) is 24.4 Å². The molecule has 0 amide bonds. The van der Waals surface area contributed by atoms with E-state index in [0.29, 0.717) is 18.5 Å². The van der Waals surface area contributed by atoms with Crippen molar-refractivity contribution < 1.29 is 5.11 Å². The second kappa shape index (κ2) is 6.51. The van der Waals surface area contributed by atoms with Crippen molar-refractivity contribution >= 4 is 5.82 Å². The van der Waals surface area contributed by atoms with E-state index in [-0.39, 0.29) is 6.10 Å². The average molecular weight is 327 g/mol. The third-order valence-corrected chi connectivity index (χ3v) is 5.40. The number of aliphatic hydroxyl groups excluding tert-OH is 1. The molecule has 128 valence electrons. The first-order valence-electron chi connectivity index (χ1n) is 9.02. The first-order valence-corrected chi connectivity index (χ1v) is 9.02. The molecule has 2 atom stereocenters. The Hall–Kier alpha value is -1.95. The van der Waals surface area contributed by atoms with Crippen LogP contribution in [0.2, 0.25) is 0 Å². The molecular formula is C18H25N5O. The fourth-order valence-corrected chi connectivity index (χ4v) is 4.21. The zero-order valence-corrected chi connectivity index (χ0v) is 14.2. The Morgan fingerprint density at radius 2 is 1.79 bits per heavy atom. The largest absolute Gasteiger partial charge is 0.391 e. The Morgan fingerprint density at radius 1 is 1.04 bits per heavy atom. The van der Waals surface area contributed by atoms with Crippen LogP contribution in [0, 0.1) is 12.8 Å². The molecule has 0 spiro atoms. The number of hydrogen-bond donors (Lipinski definition) is 1. The maximum Gasteiger partial charge on any atom is 0.175 e. The van der Waals surface area contributed by atoms with Crippen LogP contribution >= 0.6 is 0 Å². The van der Waals surface area contributed by atoms with Crippen LogP contribution in [0.3, 0.4) is 0 Å². The van der Waals surface area contributed by atoms with E-state index in [2.05, 4.69) is 20.2 Å². The van der Waals surface area contributed by atoms with E-state index in [1.165, 1.54) is 32.1 Å².